The molecule has 0 spiro atoms. The number of carbonyl (C=O) groups is 1. The van der Waals surface area contributed by atoms with E-state index in [1.807, 2.05) is 13.8 Å². The highest BCUT2D eigenvalue weighted by Crippen LogP contribution is 2.27. The van der Waals surface area contributed by atoms with Crippen LogP contribution in [0.25, 0.3) is 0 Å². The molecule has 2 rings (SSSR count). The van der Waals surface area contributed by atoms with E-state index < -0.39 is 0 Å². The van der Waals surface area contributed by atoms with Crippen molar-refractivity contribution in [2.24, 2.45) is 0 Å². The summed E-state index contributed by atoms with van der Waals surface area (Å²) in [5.41, 5.74) is 7.47. The van der Waals surface area contributed by atoms with Crippen LogP contribution >= 0.6 is 0 Å². The van der Waals surface area contributed by atoms with Gasteiger partial charge in [-0.25, -0.2) is 0 Å². The number of pyridine rings is 1. The summed E-state index contributed by atoms with van der Waals surface area (Å²) in [5, 5.41) is 14.2. The Balaban J connectivity index is 0.00000139. The van der Waals surface area contributed by atoms with Gasteiger partial charge < -0.3 is 26.2 Å². The fourth-order valence-corrected chi connectivity index (χ4v) is 1.83. The maximum absolute atomic E-state index is 11.8. The molecule has 2 aromatic rings. The molecular weight excluding hydrogens is 308 g/mol. The van der Waals surface area contributed by atoms with E-state index in [-0.39, 0.29) is 24.8 Å². The van der Waals surface area contributed by atoms with E-state index in [4.69, 9.17) is 15.6 Å². The number of ether oxygens (including phenoxy) is 1. The zero-order valence-corrected chi connectivity index (χ0v) is 14.2. The average molecular weight is 332 g/mol. The Kier molecular flexibility index (Phi) is 8.07. The summed E-state index contributed by atoms with van der Waals surface area (Å²) in [6, 6.07) is 8.44. The van der Waals surface area contributed by atoms with Crippen molar-refractivity contribution in [3.8, 4) is 11.5 Å². The topological polar surface area (TPSA) is 110 Å². The first kappa shape index (κ1) is 19.2. The van der Waals surface area contributed by atoms with Crippen LogP contribution in [0.5, 0.6) is 11.5 Å². The number of hydrogen-bond donors (Lipinski definition) is 4. The minimum Gasteiger partial charge on any atom is -0.457 e. The maximum Gasteiger partial charge on any atom is 0.270 e. The zero-order valence-electron chi connectivity index (χ0n) is 14.2. The third kappa shape index (κ3) is 5.44. The number of amides is 1. The molecule has 130 valence electrons. The number of aliphatic hydroxyl groups is 1. The summed E-state index contributed by atoms with van der Waals surface area (Å²) in [5.74, 6) is 0.662. The molecule has 0 saturated carbocycles. The van der Waals surface area contributed by atoms with Gasteiger partial charge in [-0.3, -0.25) is 9.78 Å². The van der Waals surface area contributed by atoms with Crippen molar-refractivity contribution in [2.75, 3.05) is 31.2 Å². The number of rotatable bonds is 6. The SMILES string of the molecule is CC.CNc1ccc(Oc2ccnc(C(=O)NCCO)c2)cc1N. The number of anilines is 2. The fourth-order valence-electron chi connectivity index (χ4n) is 1.83. The molecular formula is C17H24N4O3. The predicted molar refractivity (Wildman–Crippen MR) is 95.5 cm³/mol. The van der Waals surface area contributed by atoms with E-state index in [1.54, 1.807) is 31.3 Å². The molecule has 1 aromatic heterocycles. The zero-order chi connectivity index (χ0) is 17.9. The highest BCUT2D eigenvalue weighted by Gasteiger charge is 2.08. The lowest BCUT2D eigenvalue weighted by Gasteiger charge is -2.10. The van der Waals surface area contributed by atoms with Crippen LogP contribution in [-0.4, -0.2) is 36.2 Å². The summed E-state index contributed by atoms with van der Waals surface area (Å²) in [6.07, 6.45) is 1.48. The van der Waals surface area contributed by atoms with E-state index in [0.29, 0.717) is 17.2 Å². The smallest absolute Gasteiger partial charge is 0.270 e. The molecule has 24 heavy (non-hydrogen) atoms. The van der Waals surface area contributed by atoms with E-state index in [2.05, 4.69) is 15.6 Å². The van der Waals surface area contributed by atoms with Gasteiger partial charge in [-0.1, -0.05) is 13.8 Å². The summed E-state index contributed by atoms with van der Waals surface area (Å²) < 4.78 is 5.68. The van der Waals surface area contributed by atoms with Gasteiger partial charge in [-0.15, -0.1) is 0 Å². The number of hydrogen-bond acceptors (Lipinski definition) is 6. The highest BCUT2D eigenvalue weighted by molar-refractivity contribution is 5.92. The highest BCUT2D eigenvalue weighted by atomic mass is 16.5. The number of aromatic nitrogens is 1. The van der Waals surface area contributed by atoms with Gasteiger partial charge in [0.1, 0.15) is 17.2 Å². The molecule has 1 amide bonds. The second kappa shape index (κ2) is 10.1. The number of benzene rings is 1. The first-order valence-electron chi connectivity index (χ1n) is 7.74. The molecule has 0 aliphatic rings. The second-order valence-electron chi connectivity index (χ2n) is 4.46. The monoisotopic (exact) mass is 332 g/mol. The molecule has 0 fully saturated rings. The number of aliphatic hydroxyl groups excluding tert-OH is 1. The van der Waals surface area contributed by atoms with Crippen molar-refractivity contribution in [1.82, 2.24) is 10.3 Å². The van der Waals surface area contributed by atoms with E-state index in [9.17, 15) is 4.79 Å². The molecule has 0 saturated heterocycles. The molecule has 0 unspecified atom stereocenters. The van der Waals surface area contributed by atoms with Gasteiger partial charge in [0.05, 0.1) is 18.0 Å². The standard InChI is InChI=1S/C15H18N4O3.C2H6/c1-17-13-3-2-10(8-12(13)16)22-11-4-5-18-14(9-11)15(21)19-6-7-20;1-2/h2-5,8-9,17,20H,6-7,16H2,1H3,(H,19,21);1-2H3. The van der Waals surface area contributed by atoms with Crippen LogP contribution < -0.4 is 21.1 Å². The fraction of sp³-hybridized carbons (Fsp3) is 0.294. The molecule has 7 heteroatoms. The Morgan fingerprint density at radius 3 is 2.58 bits per heavy atom. The second-order valence-corrected chi connectivity index (χ2v) is 4.46. The Bertz CT molecular complexity index is 662. The Labute approximate surface area is 141 Å². The average Bonchev–Trinajstić information content (AvgIpc) is 2.62. The van der Waals surface area contributed by atoms with E-state index in [1.165, 1.54) is 12.3 Å². The van der Waals surface area contributed by atoms with Crippen molar-refractivity contribution < 1.29 is 14.6 Å². The molecule has 1 heterocycles. The number of nitrogens with two attached hydrogens (primary N) is 1. The van der Waals surface area contributed by atoms with Crippen LogP contribution in [0.4, 0.5) is 11.4 Å². The van der Waals surface area contributed by atoms with E-state index >= 15 is 0 Å². The van der Waals surface area contributed by atoms with Crippen LogP contribution in [0.2, 0.25) is 0 Å². The van der Waals surface area contributed by atoms with Crippen LogP contribution in [0.15, 0.2) is 36.5 Å². The quantitative estimate of drug-likeness (QED) is 0.604. The van der Waals surface area contributed by atoms with Crippen LogP contribution in [0.1, 0.15) is 24.3 Å². The minimum atomic E-state index is -0.371. The van der Waals surface area contributed by atoms with Crippen molar-refractivity contribution in [2.45, 2.75) is 13.8 Å². The maximum atomic E-state index is 11.8. The van der Waals surface area contributed by atoms with Gasteiger partial charge >= 0.3 is 0 Å². The first-order chi connectivity index (χ1) is 11.6. The molecule has 5 N–H and O–H groups in total. The van der Waals surface area contributed by atoms with Gasteiger partial charge in [0.2, 0.25) is 0 Å². The Morgan fingerprint density at radius 1 is 1.25 bits per heavy atom. The normalized spacial score (nSPS) is 9.50. The van der Waals surface area contributed by atoms with Crippen LogP contribution in [-0.2, 0) is 0 Å². The summed E-state index contributed by atoms with van der Waals surface area (Å²) in [6.45, 7) is 4.05. The van der Waals surface area contributed by atoms with Crippen molar-refractivity contribution in [1.29, 1.82) is 0 Å². The van der Waals surface area contributed by atoms with Crippen molar-refractivity contribution in [3.63, 3.8) is 0 Å². The molecule has 1 aromatic carbocycles. The van der Waals surface area contributed by atoms with Gasteiger partial charge in [-0.2, -0.15) is 0 Å². The van der Waals surface area contributed by atoms with Gasteiger partial charge in [-0.05, 0) is 18.2 Å². The van der Waals surface area contributed by atoms with Crippen molar-refractivity contribution >= 4 is 17.3 Å². The summed E-state index contributed by atoms with van der Waals surface area (Å²) >= 11 is 0. The molecule has 0 atom stereocenters. The third-order valence-electron chi connectivity index (χ3n) is 2.89. The molecule has 7 nitrogen and oxygen atoms in total. The number of nitrogen functional groups attached to an aromatic ring is 1. The third-order valence-corrected chi connectivity index (χ3v) is 2.89. The molecule has 0 bridgehead atoms. The number of nitrogens with zero attached hydrogens (tertiary/aromatic N) is 1. The van der Waals surface area contributed by atoms with Gasteiger partial charge in [0.25, 0.3) is 5.91 Å². The number of carbonyl (C=O) groups excluding carboxylic acids is 1. The summed E-state index contributed by atoms with van der Waals surface area (Å²) in [7, 11) is 1.78. The minimum absolute atomic E-state index is 0.126. The molecule has 0 aliphatic carbocycles. The lowest BCUT2D eigenvalue weighted by atomic mass is 10.2. The first-order valence-corrected chi connectivity index (χ1v) is 7.74. The largest absolute Gasteiger partial charge is 0.457 e. The Morgan fingerprint density at radius 2 is 1.96 bits per heavy atom. The molecule has 0 radical (unpaired) electrons. The van der Waals surface area contributed by atoms with Crippen LogP contribution in [0.3, 0.4) is 0 Å². The van der Waals surface area contributed by atoms with E-state index in [0.717, 1.165) is 5.69 Å². The lowest BCUT2D eigenvalue weighted by molar-refractivity contribution is 0.0939. The summed E-state index contributed by atoms with van der Waals surface area (Å²) in [4.78, 5) is 15.7. The van der Waals surface area contributed by atoms with Gasteiger partial charge in [0.15, 0.2) is 0 Å². The van der Waals surface area contributed by atoms with Crippen molar-refractivity contribution in [3.05, 3.63) is 42.2 Å². The predicted octanol–water partition coefficient (Wildman–Crippen LogP) is 2.25. The van der Waals surface area contributed by atoms with Crippen LogP contribution in [0, 0.1) is 0 Å². The lowest BCUT2D eigenvalue weighted by Crippen LogP contribution is -2.27. The number of nitrogens with one attached hydrogen (secondary N) is 2. The van der Waals surface area contributed by atoms with Gasteiger partial charge in [0, 0.05) is 31.9 Å². The molecule has 0 aliphatic heterocycles. The Hall–Kier alpha value is -2.80.